The average Bonchev–Trinajstić information content (AvgIpc) is 2.90. The zero-order chi connectivity index (χ0) is 15.5. The normalized spacial score (nSPS) is 16.5. The zero-order valence-corrected chi connectivity index (χ0v) is 12.5. The number of carboxylic acid groups (broad SMARTS) is 1. The molecular weight excluding hydrogens is 268 g/mol. The Balaban J connectivity index is 1.92. The number of rotatable bonds is 4. The number of hydrogen-bond donors (Lipinski definition) is 3. The van der Waals surface area contributed by atoms with Crippen molar-refractivity contribution in [2.45, 2.75) is 51.6 Å². The molecule has 1 fully saturated rings. The minimum Gasteiger partial charge on any atom is -0.480 e. The van der Waals surface area contributed by atoms with Gasteiger partial charge in [0.2, 0.25) is 0 Å². The van der Waals surface area contributed by atoms with Gasteiger partial charge in [0.1, 0.15) is 5.54 Å². The predicted octanol–water partition coefficient (Wildman–Crippen LogP) is 2.50. The zero-order valence-electron chi connectivity index (χ0n) is 12.5. The Hall–Kier alpha value is -2.04. The Morgan fingerprint density at radius 1 is 1.19 bits per heavy atom. The van der Waals surface area contributed by atoms with Crippen molar-refractivity contribution in [2.24, 2.45) is 0 Å². The van der Waals surface area contributed by atoms with E-state index in [0.717, 1.165) is 18.4 Å². The van der Waals surface area contributed by atoms with Crippen LogP contribution in [0, 0.1) is 13.8 Å². The molecule has 0 bridgehead atoms. The van der Waals surface area contributed by atoms with Crippen LogP contribution in [-0.2, 0) is 11.3 Å². The summed E-state index contributed by atoms with van der Waals surface area (Å²) < 4.78 is 0. The number of hydrogen-bond acceptors (Lipinski definition) is 2. The summed E-state index contributed by atoms with van der Waals surface area (Å²) in [5.41, 5.74) is 2.29. The number of urea groups is 1. The number of carbonyl (C=O) groups is 2. The smallest absolute Gasteiger partial charge is 0.329 e. The van der Waals surface area contributed by atoms with Crippen molar-refractivity contribution in [3.05, 3.63) is 34.9 Å². The van der Waals surface area contributed by atoms with Crippen molar-refractivity contribution >= 4 is 12.0 Å². The predicted molar refractivity (Wildman–Crippen MR) is 80.1 cm³/mol. The van der Waals surface area contributed by atoms with Gasteiger partial charge in [0.05, 0.1) is 0 Å². The number of benzene rings is 1. The Morgan fingerprint density at radius 2 is 1.86 bits per heavy atom. The number of carbonyl (C=O) groups excluding carboxylic acids is 1. The topological polar surface area (TPSA) is 78.4 Å². The van der Waals surface area contributed by atoms with Crippen molar-refractivity contribution in [2.75, 3.05) is 0 Å². The van der Waals surface area contributed by atoms with Crippen molar-refractivity contribution in [3.63, 3.8) is 0 Å². The van der Waals surface area contributed by atoms with Crippen molar-refractivity contribution in [1.82, 2.24) is 10.6 Å². The van der Waals surface area contributed by atoms with Crippen LogP contribution in [0.1, 0.15) is 42.4 Å². The van der Waals surface area contributed by atoms with Gasteiger partial charge < -0.3 is 15.7 Å². The van der Waals surface area contributed by atoms with Gasteiger partial charge in [-0.2, -0.15) is 0 Å². The third-order valence-corrected chi connectivity index (χ3v) is 4.24. The number of carboxylic acids is 1. The van der Waals surface area contributed by atoms with Gasteiger partial charge in [0.15, 0.2) is 0 Å². The van der Waals surface area contributed by atoms with E-state index in [-0.39, 0.29) is 0 Å². The molecule has 0 radical (unpaired) electrons. The third kappa shape index (κ3) is 3.54. The van der Waals surface area contributed by atoms with Crippen LogP contribution in [0.4, 0.5) is 4.79 Å². The van der Waals surface area contributed by atoms with Crippen LogP contribution in [0.25, 0.3) is 0 Å². The average molecular weight is 290 g/mol. The number of nitrogens with one attached hydrogen (secondary N) is 2. The Morgan fingerprint density at radius 3 is 2.43 bits per heavy atom. The summed E-state index contributed by atoms with van der Waals surface area (Å²) in [5, 5.41) is 14.7. The molecule has 0 spiro atoms. The third-order valence-electron chi connectivity index (χ3n) is 4.24. The fourth-order valence-electron chi connectivity index (χ4n) is 2.73. The molecule has 5 heteroatoms. The molecule has 114 valence electrons. The molecule has 0 heterocycles. The van der Waals surface area contributed by atoms with E-state index in [1.807, 2.05) is 32.0 Å². The maximum atomic E-state index is 11.9. The minimum atomic E-state index is -1.09. The van der Waals surface area contributed by atoms with Gasteiger partial charge in [-0.3, -0.25) is 0 Å². The fraction of sp³-hybridized carbons (Fsp3) is 0.500. The highest BCUT2D eigenvalue weighted by Crippen LogP contribution is 2.29. The maximum Gasteiger partial charge on any atom is 0.329 e. The highest BCUT2D eigenvalue weighted by Gasteiger charge is 2.42. The second-order valence-electron chi connectivity index (χ2n) is 5.82. The lowest BCUT2D eigenvalue weighted by molar-refractivity contribution is -0.144. The molecule has 5 nitrogen and oxygen atoms in total. The number of amides is 2. The van der Waals surface area contributed by atoms with Gasteiger partial charge in [-0.1, -0.05) is 31.0 Å². The second-order valence-corrected chi connectivity index (χ2v) is 5.82. The summed E-state index contributed by atoms with van der Waals surface area (Å²) in [6.45, 7) is 4.45. The summed E-state index contributed by atoms with van der Waals surface area (Å²) in [5.74, 6) is -0.943. The SMILES string of the molecule is Cc1ccc(CNC(=O)NC2(C(=O)O)CCCC2)cc1C. The lowest BCUT2D eigenvalue weighted by Gasteiger charge is -2.25. The van der Waals surface area contributed by atoms with E-state index >= 15 is 0 Å². The summed E-state index contributed by atoms with van der Waals surface area (Å²) in [6.07, 6.45) is 2.67. The Kier molecular flexibility index (Phi) is 4.50. The first-order valence-corrected chi connectivity index (χ1v) is 7.28. The van der Waals surface area contributed by atoms with Crippen LogP contribution in [0.3, 0.4) is 0 Å². The van der Waals surface area contributed by atoms with Crippen LogP contribution in [-0.4, -0.2) is 22.6 Å². The van der Waals surface area contributed by atoms with Crippen molar-refractivity contribution < 1.29 is 14.7 Å². The van der Waals surface area contributed by atoms with Gasteiger partial charge in [-0.15, -0.1) is 0 Å². The monoisotopic (exact) mass is 290 g/mol. The first-order valence-electron chi connectivity index (χ1n) is 7.28. The minimum absolute atomic E-state index is 0.392. The summed E-state index contributed by atoms with van der Waals surface area (Å²) in [7, 11) is 0. The molecule has 1 aliphatic carbocycles. The van der Waals surface area contributed by atoms with Gasteiger partial charge in [-0.05, 0) is 43.4 Å². The van der Waals surface area contributed by atoms with Crippen LogP contribution in [0.15, 0.2) is 18.2 Å². The lowest BCUT2D eigenvalue weighted by Crippen LogP contribution is -2.55. The van der Waals surface area contributed by atoms with Crippen molar-refractivity contribution in [3.8, 4) is 0 Å². The van der Waals surface area contributed by atoms with E-state index in [4.69, 9.17) is 0 Å². The summed E-state index contributed by atoms with van der Waals surface area (Å²) in [4.78, 5) is 23.3. The molecular formula is C16H22N2O3. The van der Waals surface area contributed by atoms with Gasteiger partial charge in [0.25, 0.3) is 0 Å². The molecule has 0 aliphatic heterocycles. The lowest BCUT2D eigenvalue weighted by atomic mass is 9.98. The molecule has 21 heavy (non-hydrogen) atoms. The molecule has 2 rings (SSSR count). The van der Waals surface area contributed by atoms with E-state index in [2.05, 4.69) is 10.6 Å². The van der Waals surface area contributed by atoms with Gasteiger partial charge in [-0.25, -0.2) is 9.59 Å². The van der Waals surface area contributed by atoms with Crippen LogP contribution < -0.4 is 10.6 Å². The Labute approximate surface area is 124 Å². The standard InChI is InChI=1S/C16H22N2O3/c1-11-5-6-13(9-12(11)2)10-17-15(21)18-16(14(19)20)7-3-4-8-16/h5-6,9H,3-4,7-8,10H2,1-2H3,(H,19,20)(H2,17,18,21). The Bertz CT molecular complexity index is 548. The molecule has 3 N–H and O–H groups in total. The van der Waals surface area contributed by atoms with E-state index in [1.165, 1.54) is 11.1 Å². The summed E-state index contributed by atoms with van der Waals surface area (Å²) in [6, 6.07) is 5.58. The van der Waals surface area contributed by atoms with Crippen LogP contribution in [0.5, 0.6) is 0 Å². The quantitative estimate of drug-likeness (QED) is 0.797. The molecule has 1 aromatic carbocycles. The largest absolute Gasteiger partial charge is 0.480 e. The molecule has 1 saturated carbocycles. The van der Waals surface area contributed by atoms with Crippen LogP contribution in [0.2, 0.25) is 0 Å². The highest BCUT2D eigenvalue weighted by atomic mass is 16.4. The molecule has 1 aromatic rings. The first-order chi connectivity index (χ1) is 9.93. The van der Waals surface area contributed by atoms with E-state index in [1.54, 1.807) is 0 Å². The van der Waals surface area contributed by atoms with E-state index in [0.29, 0.717) is 19.4 Å². The molecule has 0 unspecified atom stereocenters. The summed E-state index contributed by atoms with van der Waals surface area (Å²) >= 11 is 0. The maximum absolute atomic E-state index is 11.9. The van der Waals surface area contributed by atoms with E-state index < -0.39 is 17.5 Å². The number of aliphatic carboxylic acids is 1. The first kappa shape index (κ1) is 15.4. The second kappa shape index (κ2) is 6.16. The highest BCUT2D eigenvalue weighted by molar-refractivity contribution is 5.86. The molecule has 1 aliphatic rings. The van der Waals surface area contributed by atoms with Crippen molar-refractivity contribution in [1.29, 1.82) is 0 Å². The number of aryl methyl sites for hydroxylation is 2. The van der Waals surface area contributed by atoms with Crippen LogP contribution >= 0.6 is 0 Å². The molecule has 0 saturated heterocycles. The fourth-order valence-corrected chi connectivity index (χ4v) is 2.73. The molecule has 0 atom stereocenters. The van der Waals surface area contributed by atoms with Gasteiger partial charge in [0, 0.05) is 6.54 Å². The molecule has 0 aromatic heterocycles. The van der Waals surface area contributed by atoms with E-state index in [9.17, 15) is 14.7 Å². The van der Waals surface area contributed by atoms with Gasteiger partial charge >= 0.3 is 12.0 Å². The molecule has 2 amide bonds.